The van der Waals surface area contributed by atoms with E-state index < -0.39 is 0 Å². The smallest absolute Gasteiger partial charge is 0.237 e. The summed E-state index contributed by atoms with van der Waals surface area (Å²) in [6.07, 6.45) is 7.82. The minimum atomic E-state index is -0.304. The highest BCUT2D eigenvalue weighted by Crippen LogP contribution is 2.17. The maximum atomic E-state index is 11.6. The second-order valence-electron chi connectivity index (χ2n) is 4.24. The lowest BCUT2D eigenvalue weighted by atomic mass is 9.95. The van der Waals surface area contributed by atoms with Gasteiger partial charge in [-0.1, -0.05) is 32.6 Å². The molecule has 0 unspecified atom stereocenters. The van der Waals surface area contributed by atoms with Crippen LogP contribution in [0.2, 0.25) is 0 Å². The highest BCUT2D eigenvalue weighted by Gasteiger charge is 2.18. The Kier molecular flexibility index (Phi) is 4.94. The summed E-state index contributed by atoms with van der Waals surface area (Å²) in [5.41, 5.74) is 5.73. The second kappa shape index (κ2) is 6.02. The topological polar surface area (TPSA) is 55.1 Å². The summed E-state index contributed by atoms with van der Waals surface area (Å²) in [5, 5.41) is 3.04. The lowest BCUT2D eigenvalue weighted by Crippen LogP contribution is -2.45. The first-order valence-electron chi connectivity index (χ1n) is 5.80. The van der Waals surface area contributed by atoms with E-state index in [-0.39, 0.29) is 11.9 Å². The molecular weight excluding hydrogens is 176 g/mol. The van der Waals surface area contributed by atoms with Crippen molar-refractivity contribution in [2.45, 2.75) is 64.0 Å². The molecule has 0 heterocycles. The van der Waals surface area contributed by atoms with Crippen molar-refractivity contribution in [3.8, 4) is 0 Å². The Hall–Kier alpha value is -0.570. The number of hydrogen-bond acceptors (Lipinski definition) is 2. The largest absolute Gasteiger partial charge is 0.352 e. The zero-order chi connectivity index (χ0) is 10.4. The van der Waals surface area contributed by atoms with Gasteiger partial charge in [0.05, 0.1) is 6.04 Å². The van der Waals surface area contributed by atoms with E-state index in [9.17, 15) is 4.79 Å². The number of nitrogens with one attached hydrogen (secondary N) is 1. The molecule has 1 rings (SSSR count). The Morgan fingerprint density at radius 3 is 2.64 bits per heavy atom. The van der Waals surface area contributed by atoms with Crippen molar-refractivity contribution in [1.82, 2.24) is 5.32 Å². The van der Waals surface area contributed by atoms with Gasteiger partial charge in [-0.2, -0.15) is 0 Å². The molecule has 14 heavy (non-hydrogen) atoms. The quantitative estimate of drug-likeness (QED) is 0.720. The van der Waals surface area contributed by atoms with Crippen LogP contribution in [0.4, 0.5) is 0 Å². The van der Waals surface area contributed by atoms with Crippen LogP contribution in [0.25, 0.3) is 0 Å². The minimum absolute atomic E-state index is 0.0405. The number of rotatable bonds is 4. The zero-order valence-electron chi connectivity index (χ0n) is 9.09. The molecule has 0 spiro atoms. The third-order valence-electron chi connectivity index (χ3n) is 2.89. The van der Waals surface area contributed by atoms with Gasteiger partial charge >= 0.3 is 0 Å². The molecule has 3 heteroatoms. The van der Waals surface area contributed by atoms with Gasteiger partial charge < -0.3 is 11.1 Å². The van der Waals surface area contributed by atoms with Crippen LogP contribution in [0.3, 0.4) is 0 Å². The van der Waals surface area contributed by atoms with Crippen molar-refractivity contribution in [3.63, 3.8) is 0 Å². The van der Waals surface area contributed by atoms with Crippen LogP contribution in [0, 0.1) is 0 Å². The highest BCUT2D eigenvalue weighted by molar-refractivity contribution is 5.81. The summed E-state index contributed by atoms with van der Waals surface area (Å²) in [5.74, 6) is 0.0405. The van der Waals surface area contributed by atoms with Crippen molar-refractivity contribution in [1.29, 1.82) is 0 Å². The monoisotopic (exact) mass is 198 g/mol. The summed E-state index contributed by atoms with van der Waals surface area (Å²) in [6.45, 7) is 2.05. The predicted molar refractivity (Wildman–Crippen MR) is 57.9 cm³/mol. The normalized spacial score (nSPS) is 20.4. The molecule has 1 aliphatic rings. The second-order valence-corrected chi connectivity index (χ2v) is 4.24. The fourth-order valence-corrected chi connectivity index (χ4v) is 2.00. The Morgan fingerprint density at radius 1 is 1.43 bits per heavy atom. The predicted octanol–water partition coefficient (Wildman–Crippen LogP) is 1.56. The molecule has 0 radical (unpaired) electrons. The summed E-state index contributed by atoms with van der Waals surface area (Å²) in [4.78, 5) is 11.6. The van der Waals surface area contributed by atoms with Crippen LogP contribution in [-0.2, 0) is 4.79 Å². The lowest BCUT2D eigenvalue weighted by Gasteiger charge is -2.24. The molecule has 3 nitrogen and oxygen atoms in total. The van der Waals surface area contributed by atoms with E-state index >= 15 is 0 Å². The van der Waals surface area contributed by atoms with Gasteiger partial charge in [-0.3, -0.25) is 4.79 Å². The zero-order valence-corrected chi connectivity index (χ0v) is 9.09. The molecule has 0 aromatic carbocycles. The Bertz CT molecular complexity index is 176. The van der Waals surface area contributed by atoms with E-state index in [1.54, 1.807) is 0 Å². The number of carbonyl (C=O) groups excluding carboxylic acids is 1. The molecule has 0 aromatic rings. The van der Waals surface area contributed by atoms with Gasteiger partial charge in [0.15, 0.2) is 0 Å². The molecular formula is C11H22N2O. The van der Waals surface area contributed by atoms with Gasteiger partial charge in [-0.15, -0.1) is 0 Å². The van der Waals surface area contributed by atoms with E-state index in [1.165, 1.54) is 19.3 Å². The third-order valence-corrected chi connectivity index (χ3v) is 2.89. The first kappa shape index (κ1) is 11.5. The van der Waals surface area contributed by atoms with Gasteiger partial charge in [0.1, 0.15) is 0 Å². The van der Waals surface area contributed by atoms with Crippen LogP contribution in [0.15, 0.2) is 0 Å². The standard InChI is InChI=1S/C11H22N2O/c1-2-6-10(12)11(14)13-9-7-4-3-5-8-9/h9-10H,2-8,12H2,1H3,(H,13,14)/t10-/m1/s1. The van der Waals surface area contributed by atoms with E-state index in [0.29, 0.717) is 6.04 Å². The van der Waals surface area contributed by atoms with Gasteiger partial charge in [0, 0.05) is 6.04 Å². The maximum Gasteiger partial charge on any atom is 0.237 e. The van der Waals surface area contributed by atoms with Crippen LogP contribution in [0.1, 0.15) is 51.9 Å². The minimum Gasteiger partial charge on any atom is -0.352 e. The molecule has 0 saturated heterocycles. The van der Waals surface area contributed by atoms with E-state index in [0.717, 1.165) is 25.7 Å². The molecule has 1 aliphatic carbocycles. The van der Waals surface area contributed by atoms with E-state index in [2.05, 4.69) is 5.32 Å². The maximum absolute atomic E-state index is 11.6. The molecule has 1 fully saturated rings. The van der Waals surface area contributed by atoms with Gasteiger partial charge in [0.25, 0.3) is 0 Å². The number of carbonyl (C=O) groups is 1. The SMILES string of the molecule is CCC[C@@H](N)C(=O)NC1CCCCC1. The molecule has 0 bridgehead atoms. The first-order valence-corrected chi connectivity index (χ1v) is 5.80. The van der Waals surface area contributed by atoms with Crippen LogP contribution in [0.5, 0.6) is 0 Å². The Labute approximate surface area is 86.4 Å². The van der Waals surface area contributed by atoms with Crippen molar-refractivity contribution in [2.24, 2.45) is 5.73 Å². The molecule has 1 saturated carbocycles. The average molecular weight is 198 g/mol. The van der Waals surface area contributed by atoms with Crippen molar-refractivity contribution in [2.75, 3.05) is 0 Å². The van der Waals surface area contributed by atoms with Crippen molar-refractivity contribution in [3.05, 3.63) is 0 Å². The third kappa shape index (κ3) is 3.66. The number of amides is 1. The van der Waals surface area contributed by atoms with Crippen molar-refractivity contribution >= 4 is 5.91 Å². The van der Waals surface area contributed by atoms with E-state index in [4.69, 9.17) is 5.73 Å². The fourth-order valence-electron chi connectivity index (χ4n) is 2.00. The molecule has 1 amide bonds. The van der Waals surface area contributed by atoms with E-state index in [1.807, 2.05) is 6.92 Å². The van der Waals surface area contributed by atoms with Crippen LogP contribution >= 0.6 is 0 Å². The average Bonchev–Trinajstić information content (AvgIpc) is 2.19. The first-order chi connectivity index (χ1) is 6.74. The van der Waals surface area contributed by atoms with Gasteiger partial charge in [-0.25, -0.2) is 0 Å². The van der Waals surface area contributed by atoms with Gasteiger partial charge in [-0.05, 0) is 19.3 Å². The Balaban J connectivity index is 2.24. The molecule has 3 N–H and O–H groups in total. The summed E-state index contributed by atoms with van der Waals surface area (Å²) in [7, 11) is 0. The lowest BCUT2D eigenvalue weighted by molar-refractivity contribution is -0.123. The number of hydrogen-bond donors (Lipinski definition) is 2. The molecule has 0 aliphatic heterocycles. The van der Waals surface area contributed by atoms with Crippen LogP contribution < -0.4 is 11.1 Å². The summed E-state index contributed by atoms with van der Waals surface area (Å²) >= 11 is 0. The fraction of sp³-hybridized carbons (Fsp3) is 0.909. The summed E-state index contributed by atoms with van der Waals surface area (Å²) in [6, 6.07) is 0.0843. The number of nitrogens with two attached hydrogens (primary N) is 1. The highest BCUT2D eigenvalue weighted by atomic mass is 16.2. The van der Waals surface area contributed by atoms with Crippen molar-refractivity contribution < 1.29 is 4.79 Å². The molecule has 82 valence electrons. The molecule has 1 atom stereocenters. The Morgan fingerprint density at radius 2 is 2.07 bits per heavy atom. The van der Waals surface area contributed by atoms with Gasteiger partial charge in [0.2, 0.25) is 5.91 Å². The van der Waals surface area contributed by atoms with Crippen LogP contribution in [-0.4, -0.2) is 18.0 Å². The summed E-state index contributed by atoms with van der Waals surface area (Å²) < 4.78 is 0. The molecule has 0 aromatic heterocycles.